The fourth-order valence-corrected chi connectivity index (χ4v) is 3.45. The Bertz CT molecular complexity index is 885. The summed E-state index contributed by atoms with van der Waals surface area (Å²) in [7, 11) is 1.16. The van der Waals surface area contributed by atoms with Gasteiger partial charge >= 0.3 is 11.9 Å². The third-order valence-electron chi connectivity index (χ3n) is 4.40. The fourth-order valence-electron chi connectivity index (χ4n) is 3.45. The maximum atomic E-state index is 13.1. The van der Waals surface area contributed by atoms with Gasteiger partial charge < -0.3 is 25.3 Å². The number of esters is 2. The first-order valence-corrected chi connectivity index (χ1v) is 7.95. The maximum absolute atomic E-state index is 13.1. The lowest BCUT2D eigenvalue weighted by Crippen LogP contribution is -2.48. The van der Waals surface area contributed by atoms with Crippen LogP contribution in [0.25, 0.3) is 0 Å². The van der Waals surface area contributed by atoms with Gasteiger partial charge in [0.05, 0.1) is 13.7 Å². The summed E-state index contributed by atoms with van der Waals surface area (Å²) in [6.07, 6.45) is 0. The average Bonchev–Trinajstić information content (AvgIpc) is 2.87. The SMILES string of the molecule is CCOC(=O)C1=C(C)OC(N)=C(C(=O)OC)[C@]12C(=O)Nc1ccccc12. The zero-order chi connectivity index (χ0) is 19.1. The van der Waals surface area contributed by atoms with Gasteiger partial charge in [0.25, 0.3) is 0 Å². The van der Waals surface area contributed by atoms with Crippen molar-refractivity contribution in [1.29, 1.82) is 0 Å². The minimum atomic E-state index is -1.80. The summed E-state index contributed by atoms with van der Waals surface area (Å²) < 4.78 is 15.4. The van der Waals surface area contributed by atoms with Crippen LogP contribution in [0.2, 0.25) is 0 Å². The van der Waals surface area contributed by atoms with Crippen molar-refractivity contribution in [2.24, 2.45) is 5.73 Å². The first kappa shape index (κ1) is 17.5. The van der Waals surface area contributed by atoms with Crippen LogP contribution in [0.5, 0.6) is 0 Å². The Morgan fingerprint density at radius 3 is 2.58 bits per heavy atom. The lowest BCUT2D eigenvalue weighted by atomic mass is 9.67. The van der Waals surface area contributed by atoms with Gasteiger partial charge in [-0.05, 0) is 19.9 Å². The van der Waals surface area contributed by atoms with Crippen LogP contribution >= 0.6 is 0 Å². The molecule has 0 aliphatic carbocycles. The van der Waals surface area contributed by atoms with Crippen molar-refractivity contribution in [3.63, 3.8) is 0 Å². The molecule has 0 fully saturated rings. The summed E-state index contributed by atoms with van der Waals surface area (Å²) in [6, 6.07) is 6.73. The van der Waals surface area contributed by atoms with Crippen LogP contribution in [0.3, 0.4) is 0 Å². The third-order valence-corrected chi connectivity index (χ3v) is 4.40. The van der Waals surface area contributed by atoms with Crippen LogP contribution in [0.1, 0.15) is 19.4 Å². The van der Waals surface area contributed by atoms with E-state index in [-0.39, 0.29) is 29.4 Å². The molecule has 8 nitrogen and oxygen atoms in total. The van der Waals surface area contributed by atoms with Crippen LogP contribution in [-0.2, 0) is 34.0 Å². The molecule has 2 aliphatic heterocycles. The minimum Gasteiger partial charge on any atom is -0.465 e. The molecule has 3 N–H and O–H groups in total. The van der Waals surface area contributed by atoms with E-state index in [4.69, 9.17) is 19.9 Å². The second-order valence-electron chi connectivity index (χ2n) is 5.73. The Morgan fingerprint density at radius 1 is 1.23 bits per heavy atom. The Kier molecular flexibility index (Phi) is 4.19. The molecular formula is C18H18N2O6. The van der Waals surface area contributed by atoms with Crippen LogP contribution in [0, 0.1) is 0 Å². The highest BCUT2D eigenvalue weighted by atomic mass is 16.5. The summed E-state index contributed by atoms with van der Waals surface area (Å²) in [5.74, 6) is -2.46. The summed E-state index contributed by atoms with van der Waals surface area (Å²) >= 11 is 0. The lowest BCUT2D eigenvalue weighted by molar-refractivity contribution is -0.142. The van der Waals surface area contributed by atoms with Crippen LogP contribution in [0.15, 0.2) is 47.1 Å². The number of hydrogen-bond donors (Lipinski definition) is 2. The zero-order valence-electron chi connectivity index (χ0n) is 14.5. The molecule has 8 heteroatoms. The fraction of sp³-hybridized carbons (Fsp3) is 0.278. The van der Waals surface area contributed by atoms with E-state index in [2.05, 4.69) is 5.32 Å². The van der Waals surface area contributed by atoms with Gasteiger partial charge in [0, 0.05) is 11.3 Å². The van der Waals surface area contributed by atoms with E-state index >= 15 is 0 Å². The summed E-state index contributed by atoms with van der Waals surface area (Å²) in [6.45, 7) is 3.21. The second kappa shape index (κ2) is 6.21. The predicted octanol–water partition coefficient (Wildman–Crippen LogP) is 1.09. The van der Waals surface area contributed by atoms with Crippen molar-refractivity contribution in [1.82, 2.24) is 0 Å². The Balaban J connectivity index is 2.40. The molecule has 0 aromatic heterocycles. The number of amides is 1. The number of ether oxygens (including phenoxy) is 3. The zero-order valence-corrected chi connectivity index (χ0v) is 14.5. The van der Waals surface area contributed by atoms with E-state index < -0.39 is 23.3 Å². The van der Waals surface area contributed by atoms with Crippen LogP contribution in [-0.4, -0.2) is 31.6 Å². The summed E-state index contributed by atoms with van der Waals surface area (Å²) in [5.41, 5.74) is 4.65. The molecule has 0 radical (unpaired) electrons. The lowest BCUT2D eigenvalue weighted by Gasteiger charge is -2.35. The van der Waals surface area contributed by atoms with Gasteiger partial charge in [-0.15, -0.1) is 0 Å². The third kappa shape index (κ3) is 2.18. The van der Waals surface area contributed by atoms with Gasteiger partial charge in [0.1, 0.15) is 22.3 Å². The molecule has 0 saturated heterocycles. The molecule has 2 aliphatic rings. The van der Waals surface area contributed by atoms with E-state index in [1.165, 1.54) is 6.92 Å². The molecule has 2 heterocycles. The molecule has 1 aromatic carbocycles. The number of fused-ring (bicyclic) bond motifs is 2. The minimum absolute atomic E-state index is 0.0838. The highest BCUT2D eigenvalue weighted by molar-refractivity contribution is 6.21. The number of methoxy groups -OCH3 is 1. The number of nitrogens with one attached hydrogen (secondary N) is 1. The van der Waals surface area contributed by atoms with Gasteiger partial charge in [0.2, 0.25) is 11.8 Å². The first-order valence-electron chi connectivity index (χ1n) is 7.95. The highest BCUT2D eigenvalue weighted by Crippen LogP contribution is 2.52. The van der Waals surface area contributed by atoms with Gasteiger partial charge in [-0.2, -0.15) is 0 Å². The molecule has 136 valence electrons. The van der Waals surface area contributed by atoms with Crippen molar-refractivity contribution in [2.45, 2.75) is 19.3 Å². The van der Waals surface area contributed by atoms with E-state index in [9.17, 15) is 14.4 Å². The average molecular weight is 358 g/mol. The summed E-state index contributed by atoms with van der Waals surface area (Å²) in [5, 5.41) is 2.70. The Morgan fingerprint density at radius 2 is 1.92 bits per heavy atom. The molecule has 0 saturated carbocycles. The molecule has 1 aromatic rings. The van der Waals surface area contributed by atoms with Gasteiger partial charge in [-0.1, -0.05) is 18.2 Å². The number of allylic oxidation sites excluding steroid dienone is 1. The normalized spacial score (nSPS) is 21.3. The number of anilines is 1. The van der Waals surface area contributed by atoms with Crippen LogP contribution < -0.4 is 11.1 Å². The molecular weight excluding hydrogens is 340 g/mol. The van der Waals surface area contributed by atoms with Gasteiger partial charge in [-0.25, -0.2) is 9.59 Å². The topological polar surface area (TPSA) is 117 Å². The highest BCUT2D eigenvalue weighted by Gasteiger charge is 2.61. The number of hydrogen-bond acceptors (Lipinski definition) is 7. The first-order chi connectivity index (χ1) is 12.4. The predicted molar refractivity (Wildman–Crippen MR) is 90.4 cm³/mol. The molecule has 0 unspecified atom stereocenters. The van der Waals surface area contributed by atoms with Crippen molar-refractivity contribution < 1.29 is 28.6 Å². The summed E-state index contributed by atoms with van der Waals surface area (Å²) in [4.78, 5) is 38.4. The number of rotatable bonds is 3. The number of benzene rings is 1. The monoisotopic (exact) mass is 358 g/mol. The number of carbonyl (C=O) groups is 3. The van der Waals surface area contributed by atoms with Gasteiger partial charge in [0.15, 0.2) is 0 Å². The van der Waals surface area contributed by atoms with Crippen molar-refractivity contribution in [2.75, 3.05) is 19.0 Å². The smallest absolute Gasteiger partial charge is 0.340 e. The molecule has 0 bridgehead atoms. The van der Waals surface area contributed by atoms with Crippen LogP contribution in [0.4, 0.5) is 5.69 Å². The molecule has 26 heavy (non-hydrogen) atoms. The Hall–Kier alpha value is -3.29. The number of nitrogens with two attached hydrogens (primary N) is 1. The quantitative estimate of drug-likeness (QED) is 0.777. The second-order valence-corrected chi connectivity index (χ2v) is 5.73. The van der Waals surface area contributed by atoms with E-state index in [0.717, 1.165) is 7.11 Å². The van der Waals surface area contributed by atoms with E-state index in [1.54, 1.807) is 31.2 Å². The van der Waals surface area contributed by atoms with Gasteiger partial charge in [-0.3, -0.25) is 4.79 Å². The molecule has 3 rings (SSSR count). The molecule has 1 amide bonds. The molecule has 1 atom stereocenters. The number of para-hydroxylation sites is 1. The van der Waals surface area contributed by atoms with E-state index in [0.29, 0.717) is 11.3 Å². The standard InChI is InChI=1S/C18H18N2O6/c1-4-25-16(22)12-9(2)26-14(19)13(15(21)24-3)18(12)10-7-5-6-8-11(10)20-17(18)23/h5-8H,4,19H2,1-3H3,(H,20,23)/t18-/m1/s1. The molecule has 1 spiro atoms. The van der Waals surface area contributed by atoms with Crippen molar-refractivity contribution >= 4 is 23.5 Å². The van der Waals surface area contributed by atoms with Crippen molar-refractivity contribution in [3.8, 4) is 0 Å². The largest absolute Gasteiger partial charge is 0.465 e. The van der Waals surface area contributed by atoms with E-state index in [1.807, 2.05) is 0 Å². The number of carbonyl (C=O) groups excluding carboxylic acids is 3. The Labute approximate surface area is 149 Å². The maximum Gasteiger partial charge on any atom is 0.340 e. The van der Waals surface area contributed by atoms with Crippen molar-refractivity contribution in [3.05, 3.63) is 52.6 Å².